The fraction of sp³-hybridized carbons (Fsp3) is 0.323. The number of aryl methyl sites for hydroxylation is 1. The van der Waals surface area contributed by atoms with E-state index in [0.717, 1.165) is 5.56 Å². The summed E-state index contributed by atoms with van der Waals surface area (Å²) in [6.45, 7) is 12.4. The molecule has 0 spiro atoms. The van der Waals surface area contributed by atoms with E-state index in [1.165, 1.54) is 40.6 Å². The Labute approximate surface area is 247 Å². The first-order valence-corrected chi connectivity index (χ1v) is 14.9. The molecule has 1 saturated heterocycles. The second kappa shape index (κ2) is 11.6. The number of fused-ring (bicyclic) bond motifs is 1. The lowest BCUT2D eigenvalue weighted by Gasteiger charge is -2.40. The molecule has 11 heteroatoms. The summed E-state index contributed by atoms with van der Waals surface area (Å²) in [6.07, 6.45) is 4.77. The molecule has 8 nitrogen and oxygen atoms in total. The Kier molecular flexibility index (Phi) is 8.14. The third-order valence-electron chi connectivity index (χ3n) is 7.54. The fourth-order valence-electron chi connectivity index (χ4n) is 5.42. The number of halogens is 2. The molecule has 0 unspecified atom stereocenters. The Balaban J connectivity index is 1.81. The summed E-state index contributed by atoms with van der Waals surface area (Å²) in [4.78, 5) is 44.1. The van der Waals surface area contributed by atoms with Crippen molar-refractivity contribution in [2.45, 2.75) is 44.6 Å². The molecule has 1 aliphatic heterocycles. The monoisotopic (exact) mass is 590 g/mol. The molecular formula is C31H32F2N6O2S. The largest absolute Gasteiger partial charge is 0.355 e. The average molecular weight is 591 g/mol. The van der Waals surface area contributed by atoms with Gasteiger partial charge >= 0.3 is 5.69 Å². The number of thioether (sulfide) groups is 1. The van der Waals surface area contributed by atoms with Gasteiger partial charge in [-0.3, -0.25) is 9.78 Å². The van der Waals surface area contributed by atoms with Crippen LogP contribution in [-0.4, -0.2) is 62.3 Å². The van der Waals surface area contributed by atoms with E-state index >= 15 is 8.78 Å². The van der Waals surface area contributed by atoms with E-state index in [2.05, 4.69) is 21.5 Å². The highest BCUT2D eigenvalue weighted by molar-refractivity contribution is 7.98. The van der Waals surface area contributed by atoms with Gasteiger partial charge in [-0.25, -0.2) is 23.1 Å². The zero-order chi connectivity index (χ0) is 30.3. The van der Waals surface area contributed by atoms with E-state index < -0.39 is 17.3 Å². The normalized spacial score (nSPS) is 15.5. The Bertz CT molecular complexity index is 1770. The van der Waals surface area contributed by atoms with Gasteiger partial charge in [0.15, 0.2) is 5.65 Å². The van der Waals surface area contributed by atoms with Crippen molar-refractivity contribution in [3.05, 3.63) is 82.6 Å². The molecule has 218 valence electrons. The number of hydrogen-bond acceptors (Lipinski definition) is 7. The van der Waals surface area contributed by atoms with E-state index in [1.54, 1.807) is 23.2 Å². The minimum atomic E-state index is -0.744. The van der Waals surface area contributed by atoms with Crippen molar-refractivity contribution in [1.82, 2.24) is 24.4 Å². The Hall–Kier alpha value is -4.12. The molecule has 1 amide bonds. The second-order valence-corrected chi connectivity index (χ2v) is 11.5. The lowest BCUT2D eigenvalue weighted by atomic mass is 10.0. The zero-order valence-corrected chi connectivity index (χ0v) is 25.0. The third-order valence-corrected chi connectivity index (χ3v) is 8.27. The van der Waals surface area contributed by atoms with Gasteiger partial charge in [0.25, 0.3) is 0 Å². The highest BCUT2D eigenvalue weighted by Crippen LogP contribution is 2.34. The van der Waals surface area contributed by atoms with Crippen LogP contribution in [0.2, 0.25) is 0 Å². The zero-order valence-electron chi connectivity index (χ0n) is 24.2. The highest BCUT2D eigenvalue weighted by Gasteiger charge is 2.30. The molecule has 0 radical (unpaired) electrons. The van der Waals surface area contributed by atoms with Crippen molar-refractivity contribution in [2.75, 3.05) is 30.8 Å². The number of piperazine rings is 1. The summed E-state index contributed by atoms with van der Waals surface area (Å²) in [5.41, 5.74) is 1.24. The van der Waals surface area contributed by atoms with Crippen LogP contribution in [0.1, 0.15) is 37.9 Å². The number of anilines is 1. The number of nitrogens with zero attached hydrogens (tertiary/aromatic N) is 6. The van der Waals surface area contributed by atoms with Crippen LogP contribution >= 0.6 is 11.8 Å². The molecule has 0 saturated carbocycles. The number of carbonyl (C=O) groups is 1. The molecule has 1 fully saturated rings. The van der Waals surface area contributed by atoms with E-state index in [1.807, 2.05) is 38.9 Å². The SMILES string of the molecule is C=CC(=O)N1CCN(c2nc(=O)n(-c3c(C)ccnc3C(C)C)c3nc(-c4ccc(SC)cc4F)c(F)cc23)[C@@H](C)C1. The number of rotatable bonds is 6. The molecule has 1 aromatic carbocycles. The molecule has 4 aromatic rings. The maximum atomic E-state index is 15.9. The predicted octanol–water partition coefficient (Wildman–Crippen LogP) is 5.50. The number of aromatic nitrogens is 4. The summed E-state index contributed by atoms with van der Waals surface area (Å²) in [5, 5.41) is 0.297. The number of carbonyl (C=O) groups excluding carboxylic acids is 1. The lowest BCUT2D eigenvalue weighted by molar-refractivity contribution is -0.126. The summed E-state index contributed by atoms with van der Waals surface area (Å²) in [6, 6.07) is 7.36. The number of benzene rings is 1. The number of hydrogen-bond donors (Lipinski definition) is 0. The maximum absolute atomic E-state index is 15.9. The van der Waals surface area contributed by atoms with Crippen molar-refractivity contribution >= 4 is 34.5 Å². The van der Waals surface area contributed by atoms with Gasteiger partial charge in [-0.15, -0.1) is 11.8 Å². The predicted molar refractivity (Wildman–Crippen MR) is 162 cm³/mol. The van der Waals surface area contributed by atoms with Crippen LogP contribution in [0.15, 0.2) is 58.9 Å². The van der Waals surface area contributed by atoms with Crippen LogP contribution in [-0.2, 0) is 4.79 Å². The van der Waals surface area contributed by atoms with E-state index in [-0.39, 0.29) is 40.6 Å². The number of amides is 1. The molecular weight excluding hydrogens is 558 g/mol. The van der Waals surface area contributed by atoms with Gasteiger partial charge in [0.05, 0.1) is 16.8 Å². The van der Waals surface area contributed by atoms with Crippen LogP contribution in [0.3, 0.4) is 0 Å². The standard InChI is InChI=1S/C31H32F2N6O2S/c1-7-25(40)37-12-13-38(19(5)16-37)29-22-15-24(33)27(21-9-8-20(42-6)14-23(21)32)35-30(22)39(31(41)36-29)28-18(4)10-11-34-26(28)17(2)3/h7-11,14-15,17,19H,1,12-13,16H2,2-6H3/t19-/m0/s1. The smallest absolute Gasteiger partial charge is 0.350 e. The first-order chi connectivity index (χ1) is 20.0. The molecule has 3 aromatic heterocycles. The van der Waals surface area contributed by atoms with Crippen molar-refractivity contribution < 1.29 is 13.6 Å². The quantitative estimate of drug-likeness (QED) is 0.217. The van der Waals surface area contributed by atoms with Crippen LogP contribution in [0, 0.1) is 18.6 Å². The van der Waals surface area contributed by atoms with Crippen molar-refractivity contribution in [3.8, 4) is 16.9 Å². The van der Waals surface area contributed by atoms with Gasteiger partial charge in [-0.1, -0.05) is 20.4 Å². The third kappa shape index (κ3) is 5.17. The van der Waals surface area contributed by atoms with Gasteiger partial charge < -0.3 is 9.80 Å². The maximum Gasteiger partial charge on any atom is 0.355 e. The Morgan fingerprint density at radius 2 is 1.90 bits per heavy atom. The van der Waals surface area contributed by atoms with E-state index in [9.17, 15) is 9.59 Å². The Morgan fingerprint density at radius 3 is 2.55 bits per heavy atom. The molecule has 4 heterocycles. The van der Waals surface area contributed by atoms with Gasteiger partial charge in [0, 0.05) is 42.3 Å². The molecule has 1 aliphatic rings. The first kappa shape index (κ1) is 29.4. The van der Waals surface area contributed by atoms with E-state index in [0.29, 0.717) is 41.3 Å². The summed E-state index contributed by atoms with van der Waals surface area (Å²) in [5.74, 6) is -1.34. The average Bonchev–Trinajstić information content (AvgIpc) is 2.96. The summed E-state index contributed by atoms with van der Waals surface area (Å²) < 4.78 is 32.5. The lowest BCUT2D eigenvalue weighted by Crippen LogP contribution is -2.54. The van der Waals surface area contributed by atoms with Crippen LogP contribution in [0.4, 0.5) is 14.6 Å². The molecule has 1 atom stereocenters. The van der Waals surface area contributed by atoms with Crippen LogP contribution < -0.4 is 10.6 Å². The van der Waals surface area contributed by atoms with Gasteiger partial charge in [0.1, 0.15) is 23.1 Å². The minimum Gasteiger partial charge on any atom is -0.350 e. The van der Waals surface area contributed by atoms with Crippen LogP contribution in [0.25, 0.3) is 28.0 Å². The van der Waals surface area contributed by atoms with Crippen molar-refractivity contribution in [2.24, 2.45) is 0 Å². The molecule has 5 rings (SSSR count). The van der Waals surface area contributed by atoms with Crippen molar-refractivity contribution in [1.29, 1.82) is 0 Å². The minimum absolute atomic E-state index is 0.0125. The summed E-state index contributed by atoms with van der Waals surface area (Å²) in [7, 11) is 0. The van der Waals surface area contributed by atoms with Gasteiger partial charge in [0.2, 0.25) is 5.91 Å². The Morgan fingerprint density at radius 1 is 1.14 bits per heavy atom. The van der Waals surface area contributed by atoms with Crippen LogP contribution in [0.5, 0.6) is 0 Å². The summed E-state index contributed by atoms with van der Waals surface area (Å²) >= 11 is 1.37. The van der Waals surface area contributed by atoms with E-state index in [4.69, 9.17) is 0 Å². The topological polar surface area (TPSA) is 84.2 Å². The molecule has 42 heavy (non-hydrogen) atoms. The first-order valence-electron chi connectivity index (χ1n) is 13.7. The second-order valence-electron chi connectivity index (χ2n) is 10.6. The molecule has 0 bridgehead atoms. The van der Waals surface area contributed by atoms with Gasteiger partial charge in [-0.05, 0) is 68.0 Å². The number of pyridine rings is 2. The van der Waals surface area contributed by atoms with Gasteiger partial charge in [-0.2, -0.15) is 4.98 Å². The van der Waals surface area contributed by atoms with Crippen molar-refractivity contribution in [3.63, 3.8) is 0 Å². The fourth-order valence-corrected chi connectivity index (χ4v) is 5.84. The highest BCUT2D eigenvalue weighted by atomic mass is 32.2. The molecule has 0 N–H and O–H groups in total. The molecule has 0 aliphatic carbocycles.